The number of rotatable bonds is 7. The molecule has 0 saturated heterocycles. The average molecular weight is 238 g/mol. The standard InChI is InChI=1S/C13H22N2O2/c1-10-4-5-11(2)12(8-10)13(15-14)9-17-7-6-16-3/h4-5,8,13,15H,6-7,9,14H2,1-3H3. The molecule has 0 radical (unpaired) electrons. The zero-order valence-electron chi connectivity index (χ0n) is 10.8. The molecule has 0 saturated carbocycles. The van der Waals surface area contributed by atoms with Crippen LogP contribution in [0, 0.1) is 13.8 Å². The van der Waals surface area contributed by atoms with Crippen LogP contribution < -0.4 is 11.3 Å². The lowest BCUT2D eigenvalue weighted by Crippen LogP contribution is -2.32. The summed E-state index contributed by atoms with van der Waals surface area (Å²) in [6.45, 7) is 5.88. The number of methoxy groups -OCH3 is 1. The van der Waals surface area contributed by atoms with E-state index in [1.165, 1.54) is 16.7 Å². The minimum atomic E-state index is 0.0201. The van der Waals surface area contributed by atoms with Crippen LogP contribution in [0.2, 0.25) is 0 Å². The lowest BCUT2D eigenvalue weighted by atomic mass is 10.00. The highest BCUT2D eigenvalue weighted by atomic mass is 16.5. The third kappa shape index (κ3) is 4.44. The van der Waals surface area contributed by atoms with Gasteiger partial charge in [-0.05, 0) is 25.0 Å². The molecule has 4 nitrogen and oxygen atoms in total. The number of nitrogens with one attached hydrogen (secondary N) is 1. The van der Waals surface area contributed by atoms with Gasteiger partial charge in [-0.1, -0.05) is 23.8 Å². The van der Waals surface area contributed by atoms with E-state index in [2.05, 4.69) is 37.5 Å². The van der Waals surface area contributed by atoms with Crippen LogP contribution in [0.25, 0.3) is 0 Å². The quantitative estimate of drug-likeness (QED) is 0.429. The van der Waals surface area contributed by atoms with Crippen molar-refractivity contribution in [3.05, 3.63) is 34.9 Å². The van der Waals surface area contributed by atoms with Crippen molar-refractivity contribution in [2.24, 2.45) is 5.84 Å². The molecule has 0 aliphatic rings. The Balaban J connectivity index is 2.62. The molecule has 0 amide bonds. The highest BCUT2D eigenvalue weighted by molar-refractivity contribution is 5.32. The Labute approximate surface area is 103 Å². The molecule has 96 valence electrons. The van der Waals surface area contributed by atoms with Crippen LogP contribution in [0.4, 0.5) is 0 Å². The van der Waals surface area contributed by atoms with Gasteiger partial charge in [0.2, 0.25) is 0 Å². The van der Waals surface area contributed by atoms with Crippen molar-refractivity contribution >= 4 is 0 Å². The Morgan fingerprint density at radius 2 is 2.06 bits per heavy atom. The third-order valence-corrected chi connectivity index (χ3v) is 2.73. The first-order chi connectivity index (χ1) is 8.19. The van der Waals surface area contributed by atoms with Gasteiger partial charge >= 0.3 is 0 Å². The fraction of sp³-hybridized carbons (Fsp3) is 0.538. The molecule has 1 aromatic carbocycles. The minimum Gasteiger partial charge on any atom is -0.382 e. The molecule has 0 fully saturated rings. The van der Waals surface area contributed by atoms with Gasteiger partial charge in [-0.3, -0.25) is 11.3 Å². The summed E-state index contributed by atoms with van der Waals surface area (Å²) >= 11 is 0. The second-order valence-corrected chi connectivity index (χ2v) is 4.15. The lowest BCUT2D eigenvalue weighted by molar-refractivity contribution is 0.0585. The van der Waals surface area contributed by atoms with Gasteiger partial charge in [-0.2, -0.15) is 0 Å². The van der Waals surface area contributed by atoms with Crippen molar-refractivity contribution in [2.45, 2.75) is 19.9 Å². The van der Waals surface area contributed by atoms with Crippen molar-refractivity contribution in [1.82, 2.24) is 5.43 Å². The van der Waals surface area contributed by atoms with Crippen LogP contribution in [0.5, 0.6) is 0 Å². The van der Waals surface area contributed by atoms with Crippen LogP contribution >= 0.6 is 0 Å². The second-order valence-electron chi connectivity index (χ2n) is 4.15. The van der Waals surface area contributed by atoms with E-state index in [0.717, 1.165) is 0 Å². The van der Waals surface area contributed by atoms with Crippen LogP contribution in [0.15, 0.2) is 18.2 Å². The van der Waals surface area contributed by atoms with E-state index in [9.17, 15) is 0 Å². The number of hydrazine groups is 1. The molecular formula is C13H22N2O2. The Kier molecular flexibility index (Phi) is 6.15. The molecular weight excluding hydrogens is 216 g/mol. The topological polar surface area (TPSA) is 56.5 Å². The summed E-state index contributed by atoms with van der Waals surface area (Å²) in [6, 6.07) is 6.36. The smallest absolute Gasteiger partial charge is 0.0701 e. The van der Waals surface area contributed by atoms with Crippen molar-refractivity contribution < 1.29 is 9.47 Å². The molecule has 1 unspecified atom stereocenters. The Morgan fingerprint density at radius 3 is 2.71 bits per heavy atom. The molecule has 0 spiro atoms. The van der Waals surface area contributed by atoms with Crippen molar-refractivity contribution in [2.75, 3.05) is 26.9 Å². The summed E-state index contributed by atoms with van der Waals surface area (Å²) in [5.41, 5.74) is 6.42. The van der Waals surface area contributed by atoms with Gasteiger partial charge in [0.15, 0.2) is 0 Å². The first-order valence-corrected chi connectivity index (χ1v) is 5.79. The van der Waals surface area contributed by atoms with Crippen LogP contribution in [0.3, 0.4) is 0 Å². The maximum Gasteiger partial charge on any atom is 0.0701 e. The van der Waals surface area contributed by atoms with Gasteiger partial charge in [0.25, 0.3) is 0 Å². The highest BCUT2D eigenvalue weighted by Crippen LogP contribution is 2.18. The zero-order valence-corrected chi connectivity index (χ0v) is 10.8. The molecule has 1 atom stereocenters. The normalized spacial score (nSPS) is 12.7. The largest absolute Gasteiger partial charge is 0.382 e. The van der Waals surface area contributed by atoms with Crippen LogP contribution in [-0.2, 0) is 9.47 Å². The monoisotopic (exact) mass is 238 g/mol. The number of hydrogen-bond acceptors (Lipinski definition) is 4. The van der Waals surface area contributed by atoms with Crippen molar-refractivity contribution in [3.63, 3.8) is 0 Å². The van der Waals surface area contributed by atoms with E-state index >= 15 is 0 Å². The lowest BCUT2D eigenvalue weighted by Gasteiger charge is -2.19. The average Bonchev–Trinajstić information content (AvgIpc) is 2.33. The Hall–Kier alpha value is -0.940. The summed E-state index contributed by atoms with van der Waals surface area (Å²) in [7, 11) is 1.66. The predicted octanol–water partition coefficient (Wildman–Crippen LogP) is 1.47. The molecule has 1 rings (SSSR count). The molecule has 0 bridgehead atoms. The summed E-state index contributed by atoms with van der Waals surface area (Å²) in [4.78, 5) is 0. The summed E-state index contributed by atoms with van der Waals surface area (Å²) in [5, 5.41) is 0. The number of aryl methyl sites for hydroxylation is 2. The van der Waals surface area contributed by atoms with Gasteiger partial charge < -0.3 is 9.47 Å². The van der Waals surface area contributed by atoms with Gasteiger partial charge in [0.05, 0.1) is 25.9 Å². The molecule has 1 aromatic rings. The molecule has 4 heteroatoms. The molecule has 3 N–H and O–H groups in total. The van der Waals surface area contributed by atoms with Crippen molar-refractivity contribution in [1.29, 1.82) is 0 Å². The van der Waals surface area contributed by atoms with Crippen molar-refractivity contribution in [3.8, 4) is 0 Å². The Morgan fingerprint density at radius 1 is 1.29 bits per heavy atom. The Bertz CT molecular complexity index is 342. The number of nitrogens with two attached hydrogens (primary N) is 1. The minimum absolute atomic E-state index is 0.0201. The van der Waals surface area contributed by atoms with E-state index in [4.69, 9.17) is 15.3 Å². The van der Waals surface area contributed by atoms with Gasteiger partial charge in [-0.15, -0.1) is 0 Å². The number of benzene rings is 1. The van der Waals surface area contributed by atoms with E-state index in [1.54, 1.807) is 7.11 Å². The van der Waals surface area contributed by atoms with Crippen LogP contribution in [0.1, 0.15) is 22.7 Å². The molecule has 0 aromatic heterocycles. The SMILES string of the molecule is COCCOCC(NN)c1cc(C)ccc1C. The molecule has 0 heterocycles. The summed E-state index contributed by atoms with van der Waals surface area (Å²) in [6.07, 6.45) is 0. The first-order valence-electron chi connectivity index (χ1n) is 5.79. The fourth-order valence-electron chi connectivity index (χ4n) is 1.71. The van der Waals surface area contributed by atoms with E-state index < -0.39 is 0 Å². The number of ether oxygens (including phenoxy) is 2. The predicted molar refractivity (Wildman–Crippen MR) is 68.7 cm³/mol. The number of hydrogen-bond donors (Lipinski definition) is 2. The highest BCUT2D eigenvalue weighted by Gasteiger charge is 2.12. The van der Waals surface area contributed by atoms with Gasteiger partial charge in [0.1, 0.15) is 0 Å². The van der Waals surface area contributed by atoms with Gasteiger partial charge in [-0.25, -0.2) is 0 Å². The van der Waals surface area contributed by atoms with E-state index in [-0.39, 0.29) is 6.04 Å². The summed E-state index contributed by atoms with van der Waals surface area (Å²) < 4.78 is 10.4. The van der Waals surface area contributed by atoms with E-state index in [1.807, 2.05) is 0 Å². The first kappa shape index (κ1) is 14.1. The zero-order chi connectivity index (χ0) is 12.7. The molecule has 0 aliphatic heterocycles. The molecule has 17 heavy (non-hydrogen) atoms. The maximum atomic E-state index is 5.58. The van der Waals surface area contributed by atoms with Gasteiger partial charge in [0, 0.05) is 7.11 Å². The summed E-state index contributed by atoms with van der Waals surface area (Å²) in [5.74, 6) is 5.58. The molecule has 0 aliphatic carbocycles. The maximum absolute atomic E-state index is 5.58. The fourth-order valence-corrected chi connectivity index (χ4v) is 1.71. The van der Waals surface area contributed by atoms with Crippen LogP contribution in [-0.4, -0.2) is 26.9 Å². The van der Waals surface area contributed by atoms with E-state index in [0.29, 0.717) is 19.8 Å². The third-order valence-electron chi connectivity index (χ3n) is 2.73. The second kappa shape index (κ2) is 7.40.